The minimum absolute atomic E-state index is 0.0329. The molecule has 0 saturated heterocycles. The molecule has 1 atom stereocenters. The topological polar surface area (TPSA) is 226 Å². The Morgan fingerprint density at radius 1 is 0.811 bits per heavy atom. The van der Waals surface area contributed by atoms with Gasteiger partial charge in [-0.3, -0.25) is 9.59 Å². The Kier molecular flexibility index (Phi) is 20.2. The fraction of sp³-hybridized carbons (Fsp3) is 0.571. The van der Waals surface area contributed by atoms with E-state index < -0.39 is 33.9 Å². The molecule has 0 aromatic heterocycles. The van der Waals surface area contributed by atoms with E-state index >= 15 is 0 Å². The van der Waals surface area contributed by atoms with Crippen LogP contribution in [0, 0.1) is 0 Å². The van der Waals surface area contributed by atoms with E-state index in [0.717, 1.165) is 22.3 Å². The van der Waals surface area contributed by atoms with Gasteiger partial charge in [-0.2, -0.15) is 0 Å². The van der Waals surface area contributed by atoms with Crippen molar-refractivity contribution in [1.82, 2.24) is 15.4 Å². The van der Waals surface area contributed by atoms with E-state index in [4.69, 9.17) is 34.0 Å². The molecule has 17 nitrogen and oxygen atoms in total. The van der Waals surface area contributed by atoms with Gasteiger partial charge in [0.05, 0.1) is 65.7 Å². The summed E-state index contributed by atoms with van der Waals surface area (Å²) >= 11 is 0. The molecule has 0 unspecified atom stereocenters. The van der Waals surface area contributed by atoms with Gasteiger partial charge in [0.15, 0.2) is 0 Å². The smallest absolute Gasteiger partial charge is 0.407 e. The zero-order chi connectivity index (χ0) is 38.2. The van der Waals surface area contributed by atoms with Gasteiger partial charge in [-0.1, -0.05) is 53.6 Å². The van der Waals surface area contributed by atoms with E-state index in [9.17, 15) is 22.8 Å². The zero-order valence-electron chi connectivity index (χ0n) is 30.0. The second-order valence-electron chi connectivity index (χ2n) is 11.8. The number of unbranched alkanes of at least 4 members (excludes halogenated alkanes) is 1. The van der Waals surface area contributed by atoms with E-state index in [0.29, 0.717) is 52.5 Å². The molecule has 1 aliphatic carbocycles. The second-order valence-corrected chi connectivity index (χ2v) is 13.6. The van der Waals surface area contributed by atoms with Gasteiger partial charge in [0, 0.05) is 36.9 Å². The lowest BCUT2D eigenvalue weighted by Gasteiger charge is -2.17. The number of amides is 2. The molecule has 18 heteroatoms. The molecule has 1 aliphatic rings. The number of rotatable bonds is 28. The van der Waals surface area contributed by atoms with Crippen LogP contribution < -0.4 is 15.4 Å². The van der Waals surface area contributed by atoms with Crippen molar-refractivity contribution in [2.45, 2.75) is 37.6 Å². The molecule has 0 heterocycles. The van der Waals surface area contributed by atoms with Crippen LogP contribution in [0.3, 0.4) is 0 Å². The second kappa shape index (κ2) is 24.9. The quantitative estimate of drug-likeness (QED) is 0.0376. The summed E-state index contributed by atoms with van der Waals surface area (Å²) in [5.41, 5.74) is 12.7. The van der Waals surface area contributed by atoms with Gasteiger partial charge in [0.2, 0.25) is 15.9 Å². The Morgan fingerprint density at radius 2 is 1.40 bits per heavy atom. The third-order valence-corrected chi connectivity index (χ3v) is 9.41. The van der Waals surface area contributed by atoms with Gasteiger partial charge < -0.3 is 39.1 Å². The number of fused-ring (bicyclic) bond motifs is 3. The maximum atomic E-state index is 12.7. The molecule has 0 bridgehead atoms. The first-order chi connectivity index (χ1) is 25.8. The number of carbonyl (C=O) groups is 3. The molecule has 0 spiro atoms. The van der Waals surface area contributed by atoms with E-state index in [1.807, 2.05) is 36.4 Å². The molecule has 2 aromatic rings. The molecule has 3 N–H and O–H groups in total. The molecule has 0 radical (unpaired) electrons. The third kappa shape index (κ3) is 16.5. The van der Waals surface area contributed by atoms with Crippen molar-refractivity contribution < 1.29 is 51.2 Å². The van der Waals surface area contributed by atoms with Gasteiger partial charge in [0.25, 0.3) is 0 Å². The number of hydrogen-bond donors (Lipinski definition) is 3. The lowest BCUT2D eigenvalue weighted by Crippen LogP contribution is -2.44. The number of methoxy groups -OCH3 is 1. The van der Waals surface area contributed by atoms with Gasteiger partial charge in [-0.25, -0.2) is 17.9 Å². The minimum Gasteiger partial charge on any atom is -0.468 e. The van der Waals surface area contributed by atoms with Crippen LogP contribution in [0.5, 0.6) is 0 Å². The third-order valence-electron chi connectivity index (χ3n) is 8.02. The van der Waals surface area contributed by atoms with Crippen molar-refractivity contribution >= 4 is 28.0 Å². The molecule has 0 aliphatic heterocycles. The Bertz CT molecular complexity index is 1540. The monoisotopic (exact) mass is 762 g/mol. The van der Waals surface area contributed by atoms with Gasteiger partial charge in [-0.15, -0.1) is 0 Å². The summed E-state index contributed by atoms with van der Waals surface area (Å²) < 4.78 is 59.2. The molecule has 3 rings (SSSR count). The fourth-order valence-electron chi connectivity index (χ4n) is 5.45. The number of esters is 1. The molecule has 0 fully saturated rings. The lowest BCUT2D eigenvalue weighted by molar-refractivity contribution is -0.142. The average molecular weight is 763 g/mol. The van der Waals surface area contributed by atoms with Crippen molar-refractivity contribution in [3.8, 4) is 11.1 Å². The van der Waals surface area contributed by atoms with Crippen molar-refractivity contribution in [3.05, 3.63) is 70.1 Å². The number of sulfonamides is 1. The number of carbonyl (C=O) groups excluding carboxylic acids is 3. The summed E-state index contributed by atoms with van der Waals surface area (Å²) in [7, 11) is -2.76. The highest BCUT2D eigenvalue weighted by atomic mass is 32.2. The van der Waals surface area contributed by atoms with E-state index in [1.165, 1.54) is 7.11 Å². The van der Waals surface area contributed by atoms with Crippen LogP contribution in [0.1, 0.15) is 42.7 Å². The molecular formula is C35H50N6O11S. The minimum atomic E-state index is -3.93. The molecule has 292 valence electrons. The number of nitrogens with one attached hydrogen (secondary N) is 3. The zero-order valence-corrected chi connectivity index (χ0v) is 30.9. The predicted molar refractivity (Wildman–Crippen MR) is 195 cm³/mol. The van der Waals surface area contributed by atoms with Crippen LogP contribution in [0.15, 0.2) is 53.6 Å². The van der Waals surface area contributed by atoms with E-state index in [1.54, 1.807) is 0 Å². The van der Waals surface area contributed by atoms with Gasteiger partial charge in [-0.05, 0) is 47.0 Å². The van der Waals surface area contributed by atoms with Gasteiger partial charge >= 0.3 is 12.1 Å². The predicted octanol–water partition coefficient (Wildman–Crippen LogP) is 3.04. The largest absolute Gasteiger partial charge is 0.468 e. The number of ether oxygens (including phenoxy) is 6. The summed E-state index contributed by atoms with van der Waals surface area (Å²) in [4.78, 5) is 39.5. The standard InChI is InChI=1S/C35H50N6O11S/c1-47-34(43)32(12-6-7-14-38-35(44)52-26-31-29-10-4-2-8-27(29)28-9-3-5-11-30(28)31)40-53(45,46)25-16-37-33(42)13-17-48-19-21-50-23-24-51-22-20-49-18-15-39-41-36/h2-5,8-11,31-32,40H,6-7,12-26H2,1H3,(H,37,42)(H,38,44)/t32-/m0/s1. The SMILES string of the molecule is COC(=O)[C@H](CCCCNC(=O)OCC1c2ccccc2-c2ccccc21)NS(=O)(=O)CCNC(=O)CCOCCOCCOCCOCCN=[N+]=[N-]. The van der Waals surface area contributed by atoms with Crippen molar-refractivity contribution in [2.75, 3.05) is 92.0 Å². The highest BCUT2D eigenvalue weighted by molar-refractivity contribution is 7.89. The Balaban J connectivity index is 1.21. The molecule has 0 saturated carbocycles. The average Bonchev–Trinajstić information content (AvgIpc) is 3.47. The van der Waals surface area contributed by atoms with E-state index in [-0.39, 0.29) is 64.1 Å². The van der Waals surface area contributed by atoms with Crippen LogP contribution >= 0.6 is 0 Å². The first kappa shape index (κ1) is 43.1. The summed E-state index contributed by atoms with van der Waals surface area (Å²) in [6.45, 7) is 3.15. The van der Waals surface area contributed by atoms with Crippen LogP contribution in [0.2, 0.25) is 0 Å². The van der Waals surface area contributed by atoms with Crippen molar-refractivity contribution in [2.24, 2.45) is 5.11 Å². The highest BCUT2D eigenvalue weighted by Gasteiger charge is 2.29. The normalized spacial score (nSPS) is 12.6. The summed E-state index contributed by atoms with van der Waals surface area (Å²) in [6, 6.07) is 15.0. The number of nitrogens with zero attached hydrogens (tertiary/aromatic N) is 3. The number of benzene rings is 2. The van der Waals surface area contributed by atoms with Crippen molar-refractivity contribution in [1.29, 1.82) is 0 Å². The number of azide groups is 1. The van der Waals surface area contributed by atoms with Crippen molar-refractivity contribution in [3.63, 3.8) is 0 Å². The molecule has 53 heavy (non-hydrogen) atoms. The Hall–Kier alpha value is -4.29. The number of hydrogen-bond acceptors (Lipinski definition) is 12. The van der Waals surface area contributed by atoms with Crippen LogP contribution in [0.25, 0.3) is 21.6 Å². The maximum absolute atomic E-state index is 12.7. The van der Waals surface area contributed by atoms with Crippen LogP contribution in [-0.2, 0) is 48.0 Å². The maximum Gasteiger partial charge on any atom is 0.407 e. The fourth-order valence-corrected chi connectivity index (χ4v) is 6.58. The summed E-state index contributed by atoms with van der Waals surface area (Å²) in [5, 5.41) is 8.59. The van der Waals surface area contributed by atoms with Crippen LogP contribution in [-0.4, -0.2) is 124 Å². The van der Waals surface area contributed by atoms with E-state index in [2.05, 4.69) is 37.5 Å². The number of alkyl carbamates (subject to hydrolysis) is 1. The molecular weight excluding hydrogens is 712 g/mol. The molecule has 2 aromatic carbocycles. The Morgan fingerprint density at radius 3 is 2.00 bits per heavy atom. The lowest BCUT2D eigenvalue weighted by atomic mass is 9.98. The van der Waals surface area contributed by atoms with Crippen LogP contribution in [0.4, 0.5) is 4.79 Å². The van der Waals surface area contributed by atoms with Gasteiger partial charge in [0.1, 0.15) is 12.6 Å². The molecule has 2 amide bonds. The summed E-state index contributed by atoms with van der Waals surface area (Å²) in [5.74, 6) is -1.61. The first-order valence-corrected chi connectivity index (χ1v) is 19.2. The first-order valence-electron chi connectivity index (χ1n) is 17.5. The Labute approximate surface area is 310 Å². The summed E-state index contributed by atoms with van der Waals surface area (Å²) in [6.07, 6.45) is 0.508. The highest BCUT2D eigenvalue weighted by Crippen LogP contribution is 2.44.